The molecule has 19 heavy (non-hydrogen) atoms. The van der Waals surface area contributed by atoms with Gasteiger partial charge < -0.3 is 5.32 Å². The average Bonchev–Trinajstić information content (AvgIpc) is 2.73. The maximum atomic E-state index is 13.8. The number of aromatic nitrogens is 1. The number of rotatable bonds is 4. The molecule has 1 N–H and O–H groups in total. The fourth-order valence-electron chi connectivity index (χ4n) is 1.91. The molecule has 0 aliphatic carbocycles. The second kappa shape index (κ2) is 5.75. The molecule has 1 heterocycles. The molecule has 0 bridgehead atoms. The predicted molar refractivity (Wildman–Crippen MR) is 74.3 cm³/mol. The first kappa shape index (κ1) is 14.1. The molecule has 2 rings (SSSR count). The van der Waals surface area contributed by atoms with Gasteiger partial charge >= 0.3 is 0 Å². The molecule has 0 atom stereocenters. The Morgan fingerprint density at radius 2 is 1.89 bits per heavy atom. The molecule has 0 spiro atoms. The summed E-state index contributed by atoms with van der Waals surface area (Å²) < 4.78 is 27.6. The Morgan fingerprint density at radius 3 is 2.42 bits per heavy atom. The summed E-state index contributed by atoms with van der Waals surface area (Å²) in [5.74, 6) is -0.914. The van der Waals surface area contributed by atoms with Crippen molar-refractivity contribution in [3.63, 3.8) is 0 Å². The zero-order chi connectivity index (χ0) is 14.0. The number of nitrogens with one attached hydrogen (secondary N) is 1. The van der Waals surface area contributed by atoms with E-state index in [9.17, 15) is 8.78 Å². The van der Waals surface area contributed by atoms with E-state index in [1.807, 2.05) is 20.9 Å². The van der Waals surface area contributed by atoms with Crippen LogP contribution >= 0.6 is 11.3 Å². The first-order chi connectivity index (χ1) is 9.04. The summed E-state index contributed by atoms with van der Waals surface area (Å²) in [5.41, 5.74) is 0.869. The van der Waals surface area contributed by atoms with E-state index in [1.165, 1.54) is 29.5 Å². The molecule has 0 unspecified atom stereocenters. The van der Waals surface area contributed by atoms with Crippen LogP contribution in [0.3, 0.4) is 0 Å². The highest BCUT2D eigenvalue weighted by molar-refractivity contribution is 7.15. The minimum absolute atomic E-state index is 0.0308. The van der Waals surface area contributed by atoms with Crippen molar-refractivity contribution >= 4 is 11.3 Å². The summed E-state index contributed by atoms with van der Waals surface area (Å²) in [4.78, 5) is 5.44. The van der Waals surface area contributed by atoms with Crippen LogP contribution in [0.2, 0.25) is 0 Å². The molecule has 0 saturated carbocycles. The highest BCUT2D eigenvalue weighted by atomic mass is 32.1. The van der Waals surface area contributed by atoms with Crippen LogP contribution < -0.4 is 5.32 Å². The third-order valence-corrected chi connectivity index (χ3v) is 3.88. The summed E-state index contributed by atoms with van der Waals surface area (Å²) in [6.45, 7) is 4.70. The molecule has 0 amide bonds. The summed E-state index contributed by atoms with van der Waals surface area (Å²) in [7, 11) is 1.84. The number of benzene rings is 1. The maximum absolute atomic E-state index is 13.8. The summed E-state index contributed by atoms with van der Waals surface area (Å²) in [5, 5.41) is 3.46. The molecule has 102 valence electrons. The lowest BCUT2D eigenvalue weighted by Gasteiger charge is -2.03. The van der Waals surface area contributed by atoms with Crippen molar-refractivity contribution in [2.75, 3.05) is 7.05 Å². The summed E-state index contributed by atoms with van der Waals surface area (Å²) in [6.07, 6.45) is 0. The first-order valence-corrected chi connectivity index (χ1v) is 6.94. The Kier molecular flexibility index (Phi) is 4.27. The lowest BCUT2D eigenvalue weighted by molar-refractivity contribution is 0.589. The number of hydrogen-bond donors (Lipinski definition) is 1. The lowest BCUT2D eigenvalue weighted by atomic mass is 10.1. The quantitative estimate of drug-likeness (QED) is 0.919. The van der Waals surface area contributed by atoms with Crippen molar-refractivity contribution in [2.45, 2.75) is 26.3 Å². The van der Waals surface area contributed by atoms with E-state index in [0.29, 0.717) is 11.6 Å². The Labute approximate surface area is 115 Å². The lowest BCUT2D eigenvalue weighted by Crippen LogP contribution is -2.06. The zero-order valence-electron chi connectivity index (χ0n) is 11.1. The van der Waals surface area contributed by atoms with Crippen LogP contribution in [0, 0.1) is 11.6 Å². The van der Waals surface area contributed by atoms with Gasteiger partial charge in [-0.2, -0.15) is 0 Å². The van der Waals surface area contributed by atoms with E-state index < -0.39 is 11.6 Å². The summed E-state index contributed by atoms with van der Waals surface area (Å²) in [6, 6.07) is 3.87. The van der Waals surface area contributed by atoms with E-state index in [1.54, 1.807) is 0 Å². The minimum Gasteiger partial charge on any atom is -0.315 e. The van der Waals surface area contributed by atoms with Crippen molar-refractivity contribution in [1.82, 2.24) is 10.3 Å². The monoisotopic (exact) mass is 282 g/mol. The SMILES string of the molecule is CNCc1sc(-c2c(F)cccc2F)nc1C(C)C. The fourth-order valence-corrected chi connectivity index (χ4v) is 3.19. The number of halogens is 2. The normalized spacial score (nSPS) is 11.3. The van der Waals surface area contributed by atoms with Gasteiger partial charge in [0.25, 0.3) is 0 Å². The minimum atomic E-state index is -0.569. The van der Waals surface area contributed by atoms with Gasteiger partial charge in [-0.25, -0.2) is 13.8 Å². The van der Waals surface area contributed by atoms with Gasteiger partial charge in [-0.05, 0) is 25.1 Å². The van der Waals surface area contributed by atoms with Gasteiger partial charge in [0, 0.05) is 11.4 Å². The third-order valence-electron chi connectivity index (χ3n) is 2.79. The number of nitrogens with zero attached hydrogens (tertiary/aromatic N) is 1. The topological polar surface area (TPSA) is 24.9 Å². The molecule has 0 aliphatic rings. The third kappa shape index (κ3) is 2.82. The second-order valence-electron chi connectivity index (χ2n) is 4.61. The molecule has 0 radical (unpaired) electrons. The van der Waals surface area contributed by atoms with Crippen LogP contribution in [-0.2, 0) is 6.54 Å². The van der Waals surface area contributed by atoms with Crippen LogP contribution in [-0.4, -0.2) is 12.0 Å². The van der Waals surface area contributed by atoms with Crippen LogP contribution in [0.25, 0.3) is 10.6 Å². The van der Waals surface area contributed by atoms with E-state index in [4.69, 9.17) is 0 Å². The standard InChI is InChI=1S/C14H16F2N2S/c1-8(2)13-11(7-17-3)19-14(18-13)12-9(15)5-4-6-10(12)16/h4-6,8,17H,7H2,1-3H3. The highest BCUT2D eigenvalue weighted by Crippen LogP contribution is 2.34. The molecular formula is C14H16F2N2S. The molecule has 1 aromatic carbocycles. The Hall–Kier alpha value is -1.33. The number of thiazole rings is 1. The van der Waals surface area contributed by atoms with E-state index in [-0.39, 0.29) is 11.5 Å². The van der Waals surface area contributed by atoms with Crippen molar-refractivity contribution < 1.29 is 8.78 Å². The fraction of sp³-hybridized carbons (Fsp3) is 0.357. The molecule has 2 aromatic rings. The van der Waals surface area contributed by atoms with Gasteiger partial charge in [0.05, 0.1) is 11.3 Å². The smallest absolute Gasteiger partial charge is 0.136 e. The molecule has 5 heteroatoms. The van der Waals surface area contributed by atoms with Gasteiger partial charge in [-0.3, -0.25) is 0 Å². The van der Waals surface area contributed by atoms with Crippen molar-refractivity contribution in [3.05, 3.63) is 40.4 Å². The summed E-state index contributed by atoms with van der Waals surface area (Å²) >= 11 is 1.34. The van der Waals surface area contributed by atoms with Gasteiger partial charge in [0.1, 0.15) is 16.6 Å². The van der Waals surface area contributed by atoms with Crippen LogP contribution in [0.4, 0.5) is 8.78 Å². The predicted octanol–water partition coefficient (Wildman–Crippen LogP) is 3.93. The molecule has 0 fully saturated rings. The highest BCUT2D eigenvalue weighted by Gasteiger charge is 2.19. The molecular weight excluding hydrogens is 266 g/mol. The van der Waals surface area contributed by atoms with Gasteiger partial charge in [-0.1, -0.05) is 19.9 Å². The maximum Gasteiger partial charge on any atom is 0.136 e. The van der Waals surface area contributed by atoms with E-state index >= 15 is 0 Å². The van der Waals surface area contributed by atoms with Gasteiger partial charge in [0.2, 0.25) is 0 Å². The van der Waals surface area contributed by atoms with E-state index in [0.717, 1.165) is 10.6 Å². The first-order valence-electron chi connectivity index (χ1n) is 6.13. The molecule has 0 aliphatic heterocycles. The molecule has 0 saturated heterocycles. The van der Waals surface area contributed by atoms with Gasteiger partial charge in [0.15, 0.2) is 0 Å². The zero-order valence-corrected chi connectivity index (χ0v) is 11.9. The van der Waals surface area contributed by atoms with Crippen molar-refractivity contribution in [3.8, 4) is 10.6 Å². The Bertz CT molecular complexity index is 559. The average molecular weight is 282 g/mol. The largest absolute Gasteiger partial charge is 0.315 e. The molecule has 1 aromatic heterocycles. The molecule has 2 nitrogen and oxygen atoms in total. The number of hydrogen-bond acceptors (Lipinski definition) is 3. The van der Waals surface area contributed by atoms with Crippen molar-refractivity contribution in [1.29, 1.82) is 0 Å². The van der Waals surface area contributed by atoms with Gasteiger partial charge in [-0.15, -0.1) is 11.3 Å². The van der Waals surface area contributed by atoms with Crippen LogP contribution in [0.15, 0.2) is 18.2 Å². The van der Waals surface area contributed by atoms with Crippen LogP contribution in [0.1, 0.15) is 30.3 Å². The Morgan fingerprint density at radius 1 is 1.26 bits per heavy atom. The van der Waals surface area contributed by atoms with Crippen molar-refractivity contribution in [2.24, 2.45) is 0 Å². The Balaban J connectivity index is 2.54. The second-order valence-corrected chi connectivity index (χ2v) is 5.69. The van der Waals surface area contributed by atoms with E-state index in [2.05, 4.69) is 10.3 Å². The van der Waals surface area contributed by atoms with Crippen LogP contribution in [0.5, 0.6) is 0 Å².